The molecule has 6 nitrogen and oxygen atoms in total. The molecule has 0 bridgehead atoms. The van der Waals surface area contributed by atoms with Crippen LogP contribution in [-0.2, 0) is 0 Å². The Labute approximate surface area is 119 Å². The van der Waals surface area contributed by atoms with Gasteiger partial charge in [-0.1, -0.05) is 12.1 Å². The largest absolute Gasteiger partial charge is 0.506 e. The molecule has 2 rings (SSSR count). The summed E-state index contributed by atoms with van der Waals surface area (Å²) in [5, 5.41) is 27.5. The second-order valence-electron chi connectivity index (χ2n) is 4.20. The number of phenols is 1. The molecule has 106 valence electrons. The van der Waals surface area contributed by atoms with Gasteiger partial charge in [0.05, 0.1) is 11.1 Å². The van der Waals surface area contributed by atoms with Crippen LogP contribution in [0.2, 0.25) is 0 Å². The lowest BCUT2D eigenvalue weighted by molar-refractivity contribution is 0.0696. The molecule has 0 saturated carbocycles. The van der Waals surface area contributed by atoms with Gasteiger partial charge in [-0.2, -0.15) is 0 Å². The summed E-state index contributed by atoms with van der Waals surface area (Å²) in [7, 11) is 0. The van der Waals surface area contributed by atoms with E-state index in [1.54, 1.807) is 18.2 Å². The molecule has 21 heavy (non-hydrogen) atoms. The lowest BCUT2D eigenvalue weighted by atomic mass is 10.1. The zero-order chi connectivity index (χ0) is 15.4. The summed E-state index contributed by atoms with van der Waals surface area (Å²) in [6, 6.07) is 10.0. The number of carboxylic acid groups (broad SMARTS) is 2. The first-order valence-electron chi connectivity index (χ1n) is 5.91. The third kappa shape index (κ3) is 3.44. The molecule has 2 aromatic carbocycles. The van der Waals surface area contributed by atoms with E-state index in [0.717, 1.165) is 6.07 Å². The zero-order valence-electron chi connectivity index (χ0n) is 10.7. The van der Waals surface area contributed by atoms with Gasteiger partial charge in [-0.05, 0) is 35.9 Å². The number of nitrogens with zero attached hydrogens (tertiary/aromatic N) is 1. The van der Waals surface area contributed by atoms with Crippen LogP contribution in [0.3, 0.4) is 0 Å². The van der Waals surface area contributed by atoms with Crippen LogP contribution < -0.4 is 0 Å². The Morgan fingerprint density at radius 1 is 0.952 bits per heavy atom. The van der Waals surface area contributed by atoms with Gasteiger partial charge in [0.25, 0.3) is 0 Å². The number of para-hydroxylation sites is 2. The summed E-state index contributed by atoms with van der Waals surface area (Å²) >= 11 is 0. The molecule has 0 aromatic heterocycles. The van der Waals surface area contributed by atoms with Gasteiger partial charge in [0.15, 0.2) is 0 Å². The smallest absolute Gasteiger partial charge is 0.335 e. The summed E-state index contributed by atoms with van der Waals surface area (Å²) < 4.78 is 0. The van der Waals surface area contributed by atoms with E-state index in [0.29, 0.717) is 11.3 Å². The Balaban J connectivity index is 2.42. The molecule has 0 radical (unpaired) electrons. The lowest BCUT2D eigenvalue weighted by Crippen LogP contribution is -2.03. The Morgan fingerprint density at radius 3 is 2.05 bits per heavy atom. The van der Waals surface area contributed by atoms with Crippen molar-refractivity contribution in [3.8, 4) is 5.75 Å². The molecule has 6 heteroatoms. The molecule has 2 aromatic rings. The minimum absolute atomic E-state index is 0.0263. The number of aromatic carboxylic acids is 2. The minimum Gasteiger partial charge on any atom is -0.506 e. The van der Waals surface area contributed by atoms with Gasteiger partial charge in [-0.3, -0.25) is 4.99 Å². The highest BCUT2D eigenvalue weighted by molar-refractivity contribution is 5.97. The van der Waals surface area contributed by atoms with Crippen LogP contribution in [0.1, 0.15) is 26.3 Å². The molecule has 0 heterocycles. The maximum absolute atomic E-state index is 11.0. The summed E-state index contributed by atoms with van der Waals surface area (Å²) in [5.74, 6) is -2.48. The van der Waals surface area contributed by atoms with Crippen molar-refractivity contribution >= 4 is 23.8 Å². The van der Waals surface area contributed by atoms with Crippen molar-refractivity contribution in [2.75, 3.05) is 0 Å². The van der Waals surface area contributed by atoms with E-state index < -0.39 is 11.9 Å². The van der Waals surface area contributed by atoms with Crippen molar-refractivity contribution in [1.29, 1.82) is 0 Å². The molecule has 0 aliphatic carbocycles. The number of phenolic OH excluding ortho intramolecular Hbond substituents is 1. The molecule has 0 spiro atoms. The van der Waals surface area contributed by atoms with E-state index >= 15 is 0 Å². The molecular weight excluding hydrogens is 274 g/mol. The topological polar surface area (TPSA) is 107 Å². The van der Waals surface area contributed by atoms with Gasteiger partial charge in [0.1, 0.15) is 11.4 Å². The first-order valence-corrected chi connectivity index (χ1v) is 5.91. The molecule has 0 amide bonds. The molecule has 0 atom stereocenters. The van der Waals surface area contributed by atoms with Gasteiger partial charge >= 0.3 is 11.9 Å². The van der Waals surface area contributed by atoms with Gasteiger partial charge in [0, 0.05) is 6.21 Å². The SMILES string of the molecule is O=C(O)c1cc(/C=N/c2ccccc2O)cc(C(=O)O)c1. The normalized spacial score (nSPS) is 10.7. The highest BCUT2D eigenvalue weighted by atomic mass is 16.4. The van der Waals surface area contributed by atoms with Crippen LogP contribution >= 0.6 is 0 Å². The van der Waals surface area contributed by atoms with Crippen LogP contribution in [0.4, 0.5) is 5.69 Å². The Bertz CT molecular complexity index is 704. The second-order valence-corrected chi connectivity index (χ2v) is 4.20. The van der Waals surface area contributed by atoms with Gasteiger partial charge in [-0.25, -0.2) is 9.59 Å². The highest BCUT2D eigenvalue weighted by Crippen LogP contribution is 2.24. The van der Waals surface area contributed by atoms with E-state index in [9.17, 15) is 14.7 Å². The van der Waals surface area contributed by atoms with Crippen molar-refractivity contribution in [3.05, 3.63) is 59.2 Å². The number of benzene rings is 2. The summed E-state index contributed by atoms with van der Waals surface area (Å²) in [4.78, 5) is 26.0. The number of aromatic hydroxyl groups is 1. The Morgan fingerprint density at radius 2 is 1.52 bits per heavy atom. The zero-order valence-corrected chi connectivity index (χ0v) is 10.7. The molecule has 0 aliphatic heterocycles. The number of rotatable bonds is 4. The second kappa shape index (κ2) is 5.87. The predicted octanol–water partition coefficient (Wildman–Crippen LogP) is 2.54. The molecule has 3 N–H and O–H groups in total. The van der Waals surface area contributed by atoms with Crippen molar-refractivity contribution < 1.29 is 24.9 Å². The van der Waals surface area contributed by atoms with Crippen LogP contribution in [0.15, 0.2) is 47.5 Å². The predicted molar refractivity (Wildman–Crippen MR) is 75.7 cm³/mol. The third-order valence-electron chi connectivity index (χ3n) is 2.68. The summed E-state index contributed by atoms with van der Waals surface area (Å²) in [6.07, 6.45) is 1.30. The monoisotopic (exact) mass is 285 g/mol. The maximum atomic E-state index is 11.0. The van der Waals surface area contributed by atoms with E-state index in [-0.39, 0.29) is 16.9 Å². The van der Waals surface area contributed by atoms with E-state index in [1.165, 1.54) is 24.4 Å². The van der Waals surface area contributed by atoms with Crippen molar-refractivity contribution in [3.63, 3.8) is 0 Å². The first-order chi connectivity index (χ1) is 9.97. The number of hydrogen-bond donors (Lipinski definition) is 3. The third-order valence-corrected chi connectivity index (χ3v) is 2.68. The maximum Gasteiger partial charge on any atom is 0.335 e. The van der Waals surface area contributed by atoms with Crippen LogP contribution in [0.5, 0.6) is 5.75 Å². The number of aliphatic imine (C=N–C) groups is 1. The average Bonchev–Trinajstić information content (AvgIpc) is 2.46. The molecule has 0 aliphatic rings. The molecule has 0 unspecified atom stereocenters. The molecule has 0 fully saturated rings. The number of hydrogen-bond acceptors (Lipinski definition) is 4. The van der Waals surface area contributed by atoms with E-state index in [4.69, 9.17) is 10.2 Å². The summed E-state index contributed by atoms with van der Waals surface area (Å²) in [6.45, 7) is 0. The minimum atomic E-state index is -1.23. The van der Waals surface area contributed by atoms with Gasteiger partial charge in [0.2, 0.25) is 0 Å². The standard InChI is InChI=1S/C15H11NO5/c17-13-4-2-1-3-12(13)16-8-9-5-10(14(18)19)7-11(6-9)15(20)21/h1-8,17H,(H,18,19)(H,20,21)/b16-8+. The highest BCUT2D eigenvalue weighted by Gasteiger charge is 2.10. The van der Waals surface area contributed by atoms with Crippen molar-refractivity contribution in [2.24, 2.45) is 4.99 Å². The van der Waals surface area contributed by atoms with Gasteiger partial charge < -0.3 is 15.3 Å². The van der Waals surface area contributed by atoms with Crippen LogP contribution in [0.25, 0.3) is 0 Å². The average molecular weight is 285 g/mol. The fraction of sp³-hybridized carbons (Fsp3) is 0. The van der Waals surface area contributed by atoms with Gasteiger partial charge in [-0.15, -0.1) is 0 Å². The first kappa shape index (κ1) is 14.3. The van der Waals surface area contributed by atoms with E-state index in [1.807, 2.05) is 0 Å². The number of carboxylic acids is 2. The quantitative estimate of drug-likeness (QED) is 0.748. The van der Waals surface area contributed by atoms with Crippen LogP contribution in [-0.4, -0.2) is 33.5 Å². The Kier molecular flexibility index (Phi) is 3.99. The fourth-order valence-corrected chi connectivity index (χ4v) is 1.69. The Hall–Kier alpha value is -3.15. The number of carbonyl (C=O) groups is 2. The molecular formula is C15H11NO5. The van der Waals surface area contributed by atoms with Crippen molar-refractivity contribution in [2.45, 2.75) is 0 Å². The van der Waals surface area contributed by atoms with Crippen LogP contribution in [0, 0.1) is 0 Å². The fourth-order valence-electron chi connectivity index (χ4n) is 1.69. The lowest BCUT2D eigenvalue weighted by Gasteiger charge is -2.02. The molecule has 0 saturated heterocycles. The van der Waals surface area contributed by atoms with E-state index in [2.05, 4.69) is 4.99 Å². The van der Waals surface area contributed by atoms with Crippen molar-refractivity contribution in [1.82, 2.24) is 0 Å². The summed E-state index contributed by atoms with van der Waals surface area (Å²) in [5.41, 5.74) is 0.327.